The third kappa shape index (κ3) is 5.43. The number of primary sulfonamides is 1. The molecule has 0 aliphatic rings. The maximum atomic E-state index is 12.3. The Morgan fingerprint density at radius 2 is 1.89 bits per heavy atom. The topological polar surface area (TPSA) is 125 Å². The van der Waals surface area contributed by atoms with E-state index in [0.29, 0.717) is 5.02 Å². The summed E-state index contributed by atoms with van der Waals surface area (Å²) in [5.74, 6) is -1.20. The van der Waals surface area contributed by atoms with Gasteiger partial charge in [-0.05, 0) is 43.3 Å². The van der Waals surface area contributed by atoms with E-state index in [9.17, 15) is 18.0 Å². The Balaban J connectivity index is 2.10. The molecule has 10 heteroatoms. The first-order valence-electron chi connectivity index (χ1n) is 7.60. The SMILES string of the molecule is COc1ccc(Cl)cc1C(=O)O[C@H](C)C(=O)Nc1cccc(S(N)(=O)=O)c1. The van der Waals surface area contributed by atoms with E-state index in [1.165, 1.54) is 50.4 Å². The van der Waals surface area contributed by atoms with Crippen LogP contribution in [0, 0.1) is 0 Å². The average molecular weight is 413 g/mol. The first-order chi connectivity index (χ1) is 12.6. The molecule has 0 saturated carbocycles. The average Bonchev–Trinajstić information content (AvgIpc) is 2.61. The van der Waals surface area contributed by atoms with Crippen molar-refractivity contribution in [1.29, 1.82) is 0 Å². The van der Waals surface area contributed by atoms with Gasteiger partial charge in [0.25, 0.3) is 5.91 Å². The van der Waals surface area contributed by atoms with Crippen molar-refractivity contribution in [2.45, 2.75) is 17.9 Å². The second-order valence-corrected chi connectivity index (χ2v) is 7.45. The molecular formula is C17H17ClN2O6S. The van der Waals surface area contributed by atoms with Gasteiger partial charge < -0.3 is 14.8 Å². The maximum absolute atomic E-state index is 12.3. The molecule has 0 spiro atoms. The van der Waals surface area contributed by atoms with Crippen molar-refractivity contribution in [2.75, 3.05) is 12.4 Å². The Morgan fingerprint density at radius 3 is 2.52 bits per heavy atom. The molecule has 144 valence electrons. The molecule has 2 rings (SSSR count). The highest BCUT2D eigenvalue weighted by Gasteiger charge is 2.22. The van der Waals surface area contributed by atoms with Crippen molar-refractivity contribution >= 4 is 39.2 Å². The van der Waals surface area contributed by atoms with Gasteiger partial charge in [-0.3, -0.25) is 4.79 Å². The number of sulfonamides is 1. The molecule has 0 bridgehead atoms. The van der Waals surface area contributed by atoms with Crippen molar-refractivity contribution in [2.24, 2.45) is 5.14 Å². The minimum Gasteiger partial charge on any atom is -0.496 e. The third-order valence-electron chi connectivity index (χ3n) is 3.46. The molecule has 0 saturated heterocycles. The van der Waals surface area contributed by atoms with Crippen LogP contribution in [0.3, 0.4) is 0 Å². The number of methoxy groups -OCH3 is 1. The first kappa shape index (κ1) is 20.7. The second kappa shape index (κ2) is 8.38. The molecule has 27 heavy (non-hydrogen) atoms. The van der Waals surface area contributed by atoms with Crippen LogP contribution in [0.15, 0.2) is 47.4 Å². The smallest absolute Gasteiger partial charge is 0.342 e. The van der Waals surface area contributed by atoms with E-state index in [4.69, 9.17) is 26.2 Å². The molecule has 0 aliphatic carbocycles. The summed E-state index contributed by atoms with van der Waals surface area (Å²) in [7, 11) is -2.53. The highest BCUT2D eigenvalue weighted by molar-refractivity contribution is 7.89. The normalized spacial score (nSPS) is 12.1. The van der Waals surface area contributed by atoms with Crippen LogP contribution in [0.1, 0.15) is 17.3 Å². The molecule has 3 N–H and O–H groups in total. The fourth-order valence-electron chi connectivity index (χ4n) is 2.11. The molecule has 2 aromatic rings. The summed E-state index contributed by atoms with van der Waals surface area (Å²) < 4.78 is 32.9. The fourth-order valence-corrected chi connectivity index (χ4v) is 2.84. The van der Waals surface area contributed by atoms with Gasteiger partial charge in [-0.15, -0.1) is 0 Å². The lowest BCUT2D eigenvalue weighted by molar-refractivity contribution is -0.123. The van der Waals surface area contributed by atoms with Crippen LogP contribution >= 0.6 is 11.6 Å². The van der Waals surface area contributed by atoms with Crippen molar-refractivity contribution in [3.05, 3.63) is 53.1 Å². The van der Waals surface area contributed by atoms with Gasteiger partial charge >= 0.3 is 5.97 Å². The first-order valence-corrected chi connectivity index (χ1v) is 9.52. The molecule has 1 amide bonds. The van der Waals surface area contributed by atoms with Gasteiger partial charge in [0.1, 0.15) is 11.3 Å². The Labute approximate surface area is 161 Å². The maximum Gasteiger partial charge on any atom is 0.342 e. The summed E-state index contributed by atoms with van der Waals surface area (Å²) in [6.45, 7) is 1.37. The van der Waals surface area contributed by atoms with Gasteiger partial charge in [-0.2, -0.15) is 0 Å². The van der Waals surface area contributed by atoms with Crippen LogP contribution in [0.2, 0.25) is 5.02 Å². The lowest BCUT2D eigenvalue weighted by Gasteiger charge is -2.15. The zero-order valence-corrected chi connectivity index (χ0v) is 16.0. The Kier molecular flexibility index (Phi) is 6.42. The molecular weight excluding hydrogens is 396 g/mol. The molecule has 0 fully saturated rings. The number of carbonyl (C=O) groups excluding carboxylic acids is 2. The molecule has 8 nitrogen and oxygen atoms in total. The summed E-state index contributed by atoms with van der Waals surface area (Å²) in [5, 5.41) is 7.82. The van der Waals surface area contributed by atoms with Gasteiger partial charge in [-0.25, -0.2) is 18.4 Å². The number of nitrogens with two attached hydrogens (primary N) is 1. The number of amides is 1. The lowest BCUT2D eigenvalue weighted by Crippen LogP contribution is -2.30. The van der Waals surface area contributed by atoms with Gasteiger partial charge in [0, 0.05) is 10.7 Å². The summed E-state index contributed by atoms with van der Waals surface area (Å²) >= 11 is 5.87. The quantitative estimate of drug-likeness (QED) is 0.700. The van der Waals surface area contributed by atoms with Gasteiger partial charge in [-0.1, -0.05) is 17.7 Å². The van der Waals surface area contributed by atoms with Crippen LogP contribution < -0.4 is 15.2 Å². The number of ether oxygens (including phenoxy) is 2. The molecule has 0 unspecified atom stereocenters. The van der Waals surface area contributed by atoms with Crippen molar-refractivity contribution in [1.82, 2.24) is 0 Å². The van der Waals surface area contributed by atoms with E-state index >= 15 is 0 Å². The summed E-state index contributed by atoms with van der Waals surface area (Å²) in [6.07, 6.45) is -1.17. The molecule has 1 atom stereocenters. The van der Waals surface area contributed by atoms with E-state index in [0.717, 1.165) is 0 Å². The number of hydrogen-bond donors (Lipinski definition) is 2. The molecule has 0 radical (unpaired) electrons. The number of carbonyl (C=O) groups is 2. The number of rotatable bonds is 6. The standard InChI is InChI=1S/C17H17ClN2O6S/c1-10(26-17(22)14-8-11(18)6-7-15(14)25-2)16(21)20-12-4-3-5-13(9-12)27(19,23)24/h3-10H,1-2H3,(H,20,21)(H2,19,23,24)/t10-/m1/s1. The zero-order valence-electron chi connectivity index (χ0n) is 14.4. The van der Waals surface area contributed by atoms with E-state index in [1.807, 2.05) is 0 Å². The third-order valence-corrected chi connectivity index (χ3v) is 4.61. The van der Waals surface area contributed by atoms with Crippen LogP contribution in [-0.4, -0.2) is 33.5 Å². The summed E-state index contributed by atoms with van der Waals surface area (Å²) in [5.41, 5.74) is 0.260. The van der Waals surface area contributed by atoms with Crippen LogP contribution in [0.25, 0.3) is 0 Å². The minimum absolute atomic E-state index is 0.0703. The predicted molar refractivity (Wildman–Crippen MR) is 99.3 cm³/mol. The predicted octanol–water partition coefficient (Wildman–Crippen LogP) is 2.18. The van der Waals surface area contributed by atoms with Gasteiger partial charge in [0.15, 0.2) is 6.10 Å². The fraction of sp³-hybridized carbons (Fsp3) is 0.176. The van der Waals surface area contributed by atoms with Crippen molar-refractivity contribution < 1.29 is 27.5 Å². The lowest BCUT2D eigenvalue weighted by atomic mass is 10.2. The number of benzene rings is 2. The molecule has 2 aromatic carbocycles. The number of anilines is 1. The summed E-state index contributed by atoms with van der Waals surface area (Å²) in [4.78, 5) is 24.4. The van der Waals surface area contributed by atoms with Gasteiger partial charge in [0.2, 0.25) is 10.0 Å². The van der Waals surface area contributed by atoms with E-state index < -0.39 is 28.0 Å². The van der Waals surface area contributed by atoms with Gasteiger partial charge in [0.05, 0.1) is 12.0 Å². The number of esters is 1. The van der Waals surface area contributed by atoms with Crippen LogP contribution in [0.4, 0.5) is 5.69 Å². The Hall–Kier alpha value is -2.62. The zero-order chi connectivity index (χ0) is 20.2. The highest BCUT2D eigenvalue weighted by Crippen LogP contribution is 2.24. The van der Waals surface area contributed by atoms with Crippen LogP contribution in [-0.2, 0) is 19.6 Å². The summed E-state index contributed by atoms with van der Waals surface area (Å²) in [6, 6.07) is 9.79. The Morgan fingerprint density at radius 1 is 1.19 bits per heavy atom. The second-order valence-electron chi connectivity index (χ2n) is 5.45. The highest BCUT2D eigenvalue weighted by atomic mass is 35.5. The molecule has 0 aromatic heterocycles. The largest absolute Gasteiger partial charge is 0.496 e. The Bertz CT molecular complexity index is 977. The van der Waals surface area contributed by atoms with Crippen molar-refractivity contribution in [3.8, 4) is 5.75 Å². The minimum atomic E-state index is -3.91. The van der Waals surface area contributed by atoms with E-state index in [-0.39, 0.29) is 21.9 Å². The van der Waals surface area contributed by atoms with E-state index in [2.05, 4.69) is 5.32 Å². The van der Waals surface area contributed by atoms with Crippen molar-refractivity contribution in [3.63, 3.8) is 0 Å². The molecule has 0 heterocycles. The number of halogens is 1. The monoisotopic (exact) mass is 412 g/mol. The van der Waals surface area contributed by atoms with Crippen LogP contribution in [0.5, 0.6) is 5.75 Å². The number of hydrogen-bond acceptors (Lipinski definition) is 6. The van der Waals surface area contributed by atoms with E-state index in [1.54, 1.807) is 6.07 Å². The molecule has 0 aliphatic heterocycles. The number of nitrogens with one attached hydrogen (secondary N) is 1.